The number of hydrogen-bond donors (Lipinski definition) is 3. The monoisotopic (exact) mass is 382 g/mol. The van der Waals surface area contributed by atoms with E-state index in [0.717, 1.165) is 11.1 Å². The highest BCUT2D eigenvalue weighted by molar-refractivity contribution is 5.82. The maximum absolute atomic E-state index is 12.2. The second-order valence-corrected chi connectivity index (χ2v) is 6.22. The van der Waals surface area contributed by atoms with Crippen LogP contribution in [0.4, 0.5) is 4.79 Å². The number of carbonyl (C=O) groups is 2. The molecule has 2 aromatic carbocycles. The minimum Gasteiger partial charge on any atom is -0.445 e. The maximum Gasteiger partial charge on any atom is 0.407 e. The lowest BCUT2D eigenvalue weighted by atomic mass is 10.1. The van der Waals surface area contributed by atoms with Crippen LogP contribution in [0.2, 0.25) is 0 Å². The molecule has 3 N–H and O–H groups in total. The number of alkyl carbamates (subject to hydrolysis) is 1. The molecule has 0 heterocycles. The van der Waals surface area contributed by atoms with Crippen molar-refractivity contribution in [3.8, 4) is 0 Å². The summed E-state index contributed by atoms with van der Waals surface area (Å²) in [6, 6.07) is 18.9. The van der Waals surface area contributed by atoms with Crippen molar-refractivity contribution in [1.29, 1.82) is 0 Å². The van der Waals surface area contributed by atoms with Gasteiger partial charge in [0.25, 0.3) is 0 Å². The minimum atomic E-state index is -0.644. The van der Waals surface area contributed by atoms with Crippen molar-refractivity contribution < 1.29 is 19.4 Å². The highest BCUT2D eigenvalue weighted by atomic mass is 16.5. The summed E-state index contributed by atoms with van der Waals surface area (Å²) >= 11 is 0. The van der Waals surface area contributed by atoms with E-state index in [1.54, 1.807) is 0 Å². The molecule has 0 aliphatic rings. The first-order valence-electron chi connectivity index (χ1n) is 9.22. The van der Waals surface area contributed by atoms with E-state index in [9.17, 15) is 9.59 Å². The van der Waals surface area contributed by atoms with Gasteiger partial charge in [0, 0.05) is 6.61 Å². The fourth-order valence-electron chi connectivity index (χ4n) is 2.55. The number of amides is 2. The zero-order valence-corrected chi connectivity index (χ0v) is 15.7. The van der Waals surface area contributed by atoms with Crippen molar-refractivity contribution in [1.82, 2.24) is 10.6 Å². The zero-order valence-electron chi connectivity index (χ0n) is 15.7. The third-order valence-corrected chi connectivity index (χ3v) is 3.92. The second kappa shape index (κ2) is 12.3. The Kier molecular flexibility index (Phi) is 9.31. The van der Waals surface area contributed by atoms with Gasteiger partial charge in [0.15, 0.2) is 0 Å². The summed E-state index contributed by atoms with van der Waals surface area (Å²) in [6.07, 6.45) is 4.18. The van der Waals surface area contributed by atoms with E-state index in [2.05, 4.69) is 10.6 Å². The van der Waals surface area contributed by atoms with E-state index in [4.69, 9.17) is 9.84 Å². The molecule has 1 atom stereocenters. The Bertz CT molecular complexity index is 748. The van der Waals surface area contributed by atoms with Crippen molar-refractivity contribution in [3.63, 3.8) is 0 Å². The van der Waals surface area contributed by atoms with Gasteiger partial charge in [-0.05, 0) is 24.0 Å². The summed E-state index contributed by atoms with van der Waals surface area (Å²) in [5.74, 6) is -0.314. The van der Waals surface area contributed by atoms with E-state index in [-0.39, 0.29) is 31.7 Å². The lowest BCUT2D eigenvalue weighted by Crippen LogP contribution is -2.42. The molecule has 0 aromatic heterocycles. The molecule has 0 radical (unpaired) electrons. The molecule has 6 heteroatoms. The maximum atomic E-state index is 12.2. The Morgan fingerprint density at radius 2 is 1.64 bits per heavy atom. The van der Waals surface area contributed by atoms with Gasteiger partial charge in [-0.3, -0.25) is 4.79 Å². The van der Waals surface area contributed by atoms with Crippen LogP contribution >= 0.6 is 0 Å². The summed E-state index contributed by atoms with van der Waals surface area (Å²) in [5, 5.41) is 14.3. The number of ether oxygens (including phenoxy) is 1. The van der Waals surface area contributed by atoms with Crippen LogP contribution in [0.1, 0.15) is 17.5 Å². The molecule has 0 bridgehead atoms. The van der Waals surface area contributed by atoms with Crippen LogP contribution < -0.4 is 10.6 Å². The highest BCUT2D eigenvalue weighted by Crippen LogP contribution is 2.05. The molecule has 0 fully saturated rings. The molecular weight excluding hydrogens is 356 g/mol. The number of rotatable bonds is 10. The van der Waals surface area contributed by atoms with Crippen LogP contribution in [0.5, 0.6) is 0 Å². The standard InChI is InChI=1S/C22H26N2O4/c25-14-8-7-13-20(15-18-9-3-1-4-10-18)24-21(26)16-23-22(27)28-17-19-11-5-2-6-12-19/h1-7,9-13,20,25H,8,14-17H2,(H,23,27)(H,24,26)/b13-7-. The van der Waals surface area contributed by atoms with Crippen molar-refractivity contribution in [2.75, 3.05) is 13.2 Å². The van der Waals surface area contributed by atoms with E-state index < -0.39 is 6.09 Å². The number of aliphatic hydroxyl groups excluding tert-OH is 1. The van der Waals surface area contributed by atoms with Gasteiger partial charge in [0.05, 0.1) is 6.04 Å². The zero-order chi connectivity index (χ0) is 20.0. The molecule has 2 aromatic rings. The summed E-state index contributed by atoms with van der Waals surface area (Å²) in [7, 11) is 0. The molecule has 0 aliphatic carbocycles. The summed E-state index contributed by atoms with van der Waals surface area (Å²) < 4.78 is 5.09. The van der Waals surface area contributed by atoms with Crippen molar-refractivity contribution >= 4 is 12.0 Å². The quantitative estimate of drug-likeness (QED) is 0.551. The van der Waals surface area contributed by atoms with Crippen molar-refractivity contribution in [2.24, 2.45) is 0 Å². The van der Waals surface area contributed by atoms with E-state index in [0.29, 0.717) is 12.8 Å². The van der Waals surface area contributed by atoms with Crippen LogP contribution in [0, 0.1) is 0 Å². The van der Waals surface area contributed by atoms with Gasteiger partial charge in [-0.15, -0.1) is 0 Å². The minimum absolute atomic E-state index is 0.0529. The van der Waals surface area contributed by atoms with Gasteiger partial charge in [-0.2, -0.15) is 0 Å². The Hall–Kier alpha value is -3.12. The molecule has 0 spiro atoms. The predicted molar refractivity (Wildman–Crippen MR) is 108 cm³/mol. The lowest BCUT2D eigenvalue weighted by Gasteiger charge is -2.16. The van der Waals surface area contributed by atoms with Crippen LogP contribution in [-0.2, 0) is 22.6 Å². The molecular formula is C22H26N2O4. The third kappa shape index (κ3) is 8.51. The van der Waals surface area contributed by atoms with Crippen molar-refractivity contribution in [3.05, 3.63) is 83.9 Å². The molecule has 0 aliphatic heterocycles. The topological polar surface area (TPSA) is 87.7 Å². The van der Waals surface area contributed by atoms with E-state index in [1.165, 1.54) is 0 Å². The average molecular weight is 382 g/mol. The summed E-state index contributed by atoms with van der Waals surface area (Å²) in [6.45, 7) is 0.0267. The number of benzene rings is 2. The lowest BCUT2D eigenvalue weighted by molar-refractivity contribution is -0.120. The number of carbonyl (C=O) groups excluding carboxylic acids is 2. The number of hydrogen-bond acceptors (Lipinski definition) is 4. The van der Waals surface area contributed by atoms with Crippen molar-refractivity contribution in [2.45, 2.75) is 25.5 Å². The van der Waals surface area contributed by atoms with Crippen LogP contribution in [0.3, 0.4) is 0 Å². The number of nitrogens with one attached hydrogen (secondary N) is 2. The van der Waals surface area contributed by atoms with Gasteiger partial charge in [0.2, 0.25) is 5.91 Å². The van der Waals surface area contributed by atoms with Gasteiger partial charge in [-0.1, -0.05) is 72.8 Å². The molecule has 2 amide bonds. The Morgan fingerprint density at radius 1 is 1.00 bits per heavy atom. The Morgan fingerprint density at radius 3 is 2.29 bits per heavy atom. The van der Waals surface area contributed by atoms with Gasteiger partial charge < -0.3 is 20.5 Å². The Labute approximate surface area is 165 Å². The van der Waals surface area contributed by atoms with Gasteiger partial charge >= 0.3 is 6.09 Å². The first kappa shape index (κ1) is 21.2. The van der Waals surface area contributed by atoms with Gasteiger partial charge in [-0.25, -0.2) is 4.79 Å². The fraction of sp³-hybridized carbons (Fsp3) is 0.273. The predicted octanol–water partition coefficient (Wildman–Crippen LogP) is 2.58. The van der Waals surface area contributed by atoms with E-state index >= 15 is 0 Å². The average Bonchev–Trinajstić information content (AvgIpc) is 2.72. The number of aliphatic hydroxyl groups is 1. The first-order valence-corrected chi connectivity index (χ1v) is 9.22. The molecule has 2 rings (SSSR count). The highest BCUT2D eigenvalue weighted by Gasteiger charge is 2.12. The molecule has 6 nitrogen and oxygen atoms in total. The first-order chi connectivity index (χ1) is 13.7. The normalized spacial score (nSPS) is 11.8. The van der Waals surface area contributed by atoms with Crippen LogP contribution in [-0.4, -0.2) is 36.3 Å². The molecule has 148 valence electrons. The largest absolute Gasteiger partial charge is 0.445 e. The van der Waals surface area contributed by atoms with Crippen LogP contribution in [0.15, 0.2) is 72.8 Å². The second-order valence-electron chi connectivity index (χ2n) is 6.22. The summed E-state index contributed by atoms with van der Waals surface area (Å²) in [4.78, 5) is 23.9. The molecule has 28 heavy (non-hydrogen) atoms. The van der Waals surface area contributed by atoms with E-state index in [1.807, 2.05) is 72.8 Å². The smallest absolute Gasteiger partial charge is 0.407 e. The SMILES string of the molecule is O=C(CNC(=O)OCc1ccccc1)NC(/C=C\CCO)Cc1ccccc1. The Balaban J connectivity index is 1.78. The summed E-state index contributed by atoms with van der Waals surface area (Å²) in [5.41, 5.74) is 1.95. The molecule has 0 saturated heterocycles. The van der Waals surface area contributed by atoms with Gasteiger partial charge in [0.1, 0.15) is 13.2 Å². The fourth-order valence-corrected chi connectivity index (χ4v) is 2.55. The molecule has 1 unspecified atom stereocenters. The van der Waals surface area contributed by atoms with Crippen LogP contribution in [0.25, 0.3) is 0 Å². The molecule has 0 saturated carbocycles. The third-order valence-electron chi connectivity index (χ3n) is 3.92.